The van der Waals surface area contributed by atoms with Crippen LogP contribution in [0, 0.1) is 0 Å². The van der Waals surface area contributed by atoms with Crippen LogP contribution < -0.4 is 4.13 Å². The summed E-state index contributed by atoms with van der Waals surface area (Å²) in [6, 6.07) is 0. The molecule has 0 amide bonds. The SMILES string of the molecule is BrSNSBr. The molecule has 1 N–H and O–H groups in total. The quantitative estimate of drug-likeness (QED) is 0.743. The van der Waals surface area contributed by atoms with E-state index in [1.165, 1.54) is 20.8 Å². The van der Waals surface area contributed by atoms with Crippen LogP contribution in [-0.2, 0) is 0 Å². The van der Waals surface area contributed by atoms with Gasteiger partial charge in [-0.05, 0) is 0 Å². The van der Waals surface area contributed by atoms with E-state index in [1.54, 1.807) is 0 Å². The van der Waals surface area contributed by atoms with Crippen LogP contribution in [0.2, 0.25) is 0 Å². The first kappa shape index (κ1) is 6.62. The van der Waals surface area contributed by atoms with Gasteiger partial charge in [0.15, 0.2) is 0 Å². The zero-order valence-corrected chi connectivity index (χ0v) is 6.88. The molecule has 0 aromatic carbocycles. The molecule has 0 aromatic rings. The molecule has 0 aromatic heterocycles. The van der Waals surface area contributed by atoms with Gasteiger partial charge in [0.25, 0.3) is 0 Å². The molecule has 0 atom stereocenters. The van der Waals surface area contributed by atoms with Gasteiger partial charge in [0, 0.05) is 50.4 Å². The van der Waals surface area contributed by atoms with E-state index in [2.05, 4.69) is 33.8 Å². The molecule has 0 bridgehead atoms. The predicted molar refractivity (Wildman–Crippen MR) is 36.2 cm³/mol. The summed E-state index contributed by atoms with van der Waals surface area (Å²) < 4.78 is 2.78. The minimum Gasteiger partial charge on any atom is -0.188 e. The van der Waals surface area contributed by atoms with Crippen molar-refractivity contribution in [2.75, 3.05) is 0 Å². The lowest BCUT2D eigenvalue weighted by Crippen LogP contribution is -1.72. The van der Waals surface area contributed by atoms with Crippen LogP contribution in [-0.4, -0.2) is 0 Å². The summed E-state index contributed by atoms with van der Waals surface area (Å²) in [5.41, 5.74) is 0. The molecule has 0 rings (SSSR count). The summed E-state index contributed by atoms with van der Waals surface area (Å²) in [6.07, 6.45) is 0. The van der Waals surface area contributed by atoms with Crippen molar-refractivity contribution < 1.29 is 0 Å². The molecule has 32 valence electrons. The van der Waals surface area contributed by atoms with Gasteiger partial charge in [-0.2, -0.15) is 4.13 Å². The Bertz CT molecular complexity index is 15.1. The predicted octanol–water partition coefficient (Wildman–Crippen LogP) is 2.49. The van der Waals surface area contributed by atoms with E-state index >= 15 is 0 Å². The maximum Gasteiger partial charge on any atom is 0.0105 e. The summed E-state index contributed by atoms with van der Waals surface area (Å²) >= 11 is 6.13. The van der Waals surface area contributed by atoms with Crippen LogP contribution in [0.1, 0.15) is 0 Å². The second-order valence-corrected chi connectivity index (χ2v) is 3.16. The van der Waals surface area contributed by atoms with E-state index in [4.69, 9.17) is 0 Å². The van der Waals surface area contributed by atoms with Crippen LogP contribution in [0.25, 0.3) is 0 Å². The monoisotopic (exact) mass is 237 g/mol. The van der Waals surface area contributed by atoms with Gasteiger partial charge >= 0.3 is 0 Å². The van der Waals surface area contributed by atoms with Crippen molar-refractivity contribution in [1.82, 2.24) is 4.13 Å². The summed E-state index contributed by atoms with van der Waals surface area (Å²) in [4.78, 5) is 0. The molecule has 0 unspecified atom stereocenters. The van der Waals surface area contributed by atoms with Gasteiger partial charge in [-0.1, -0.05) is 0 Å². The Morgan fingerprint density at radius 1 is 1.20 bits per heavy atom. The average molecular weight is 239 g/mol. The van der Waals surface area contributed by atoms with E-state index in [0.29, 0.717) is 0 Å². The van der Waals surface area contributed by atoms with Crippen molar-refractivity contribution in [3.8, 4) is 0 Å². The third kappa shape index (κ3) is 5.62. The molecule has 5 heavy (non-hydrogen) atoms. The Balaban J connectivity index is 2.19. The highest BCUT2D eigenvalue weighted by atomic mass is 79.9. The van der Waals surface area contributed by atoms with Gasteiger partial charge in [-0.25, -0.2) is 0 Å². The molecule has 0 aliphatic rings. The number of rotatable bonds is 2. The first-order valence-corrected chi connectivity index (χ1v) is 6.04. The minimum absolute atomic E-state index is 1.38. The fraction of sp³-hybridized carbons (Fsp3) is 0. The molecule has 5 heteroatoms. The van der Waals surface area contributed by atoms with Crippen molar-refractivity contribution >= 4 is 50.4 Å². The summed E-state index contributed by atoms with van der Waals surface area (Å²) in [5.74, 6) is 0. The highest BCUT2D eigenvalue weighted by Gasteiger charge is 1.68. The van der Waals surface area contributed by atoms with Gasteiger partial charge in [0.2, 0.25) is 0 Å². The maximum atomic E-state index is 3.06. The number of halogens is 2. The molecule has 0 saturated carbocycles. The van der Waals surface area contributed by atoms with Crippen LogP contribution in [0.4, 0.5) is 0 Å². The third-order valence-corrected chi connectivity index (χ3v) is 2.95. The van der Waals surface area contributed by atoms with E-state index in [1.807, 2.05) is 0 Å². The van der Waals surface area contributed by atoms with E-state index in [-0.39, 0.29) is 0 Å². The number of hydrogen-bond acceptors (Lipinski definition) is 3. The Labute approximate surface area is 54.3 Å². The molecule has 0 radical (unpaired) electrons. The lowest BCUT2D eigenvalue weighted by molar-refractivity contribution is 1.82. The zero-order valence-electron chi connectivity index (χ0n) is 2.07. The van der Waals surface area contributed by atoms with Crippen molar-refractivity contribution in [1.29, 1.82) is 0 Å². The standard InChI is InChI=1S/Br2HNS2/c1-4-3-5-2/h3H. The van der Waals surface area contributed by atoms with Crippen molar-refractivity contribution in [2.45, 2.75) is 0 Å². The molecule has 1 nitrogen and oxygen atoms in total. The van der Waals surface area contributed by atoms with Crippen molar-refractivity contribution in [3.63, 3.8) is 0 Å². The molecular formula is HBr2NS2. The fourth-order valence-corrected chi connectivity index (χ4v) is 2.89. The molecule has 0 fully saturated rings. The topological polar surface area (TPSA) is 12.0 Å². The molecule has 0 heterocycles. The second-order valence-electron chi connectivity index (χ2n) is 0.238. The van der Waals surface area contributed by atoms with Crippen LogP contribution in [0.5, 0.6) is 0 Å². The lowest BCUT2D eigenvalue weighted by atomic mass is 13.9. The molecule has 0 saturated heterocycles. The number of hydrogen-bond donors (Lipinski definition) is 1. The van der Waals surface area contributed by atoms with Gasteiger partial charge < -0.3 is 0 Å². The highest BCUT2D eigenvalue weighted by molar-refractivity contribution is 9.53. The van der Waals surface area contributed by atoms with Gasteiger partial charge in [0.1, 0.15) is 0 Å². The van der Waals surface area contributed by atoms with Crippen LogP contribution in [0.15, 0.2) is 0 Å². The summed E-state index contributed by atoms with van der Waals surface area (Å²) in [6.45, 7) is 0. The Morgan fingerprint density at radius 2 is 1.60 bits per heavy atom. The lowest BCUT2D eigenvalue weighted by Gasteiger charge is -1.79. The first-order chi connectivity index (χ1) is 2.41. The average Bonchev–Trinajstić information content (AvgIpc) is 1.41. The van der Waals surface area contributed by atoms with Gasteiger partial charge in [0.05, 0.1) is 0 Å². The van der Waals surface area contributed by atoms with E-state index in [9.17, 15) is 0 Å². The van der Waals surface area contributed by atoms with E-state index < -0.39 is 0 Å². The molecule has 0 aliphatic heterocycles. The Kier molecular flexibility index (Phi) is 7.44. The van der Waals surface area contributed by atoms with Crippen LogP contribution >= 0.6 is 50.4 Å². The Hall–Kier alpha value is 1.62. The largest absolute Gasteiger partial charge is 0.188 e. The second kappa shape index (κ2) is 5.62. The Morgan fingerprint density at radius 3 is 1.60 bits per heavy atom. The normalized spacial score (nSPS) is 8.40. The molecule has 0 aliphatic carbocycles. The smallest absolute Gasteiger partial charge is 0.0105 e. The van der Waals surface area contributed by atoms with Gasteiger partial charge in [-0.3, -0.25) is 0 Å². The maximum absolute atomic E-state index is 3.06. The minimum atomic E-state index is 1.38. The summed E-state index contributed by atoms with van der Waals surface area (Å²) in [5, 5.41) is 0. The fourth-order valence-electron chi connectivity index (χ4n) is 0.0119. The van der Waals surface area contributed by atoms with Crippen LogP contribution in [0.3, 0.4) is 0 Å². The molecule has 0 spiro atoms. The molecular weight excluding hydrogens is 238 g/mol. The third-order valence-electron chi connectivity index (χ3n) is 0.0630. The van der Waals surface area contributed by atoms with E-state index in [0.717, 1.165) is 0 Å². The summed E-state index contributed by atoms with van der Waals surface area (Å²) in [7, 11) is 2.76. The van der Waals surface area contributed by atoms with Crippen molar-refractivity contribution in [3.05, 3.63) is 0 Å². The first-order valence-electron chi connectivity index (χ1n) is 0.717. The highest BCUT2D eigenvalue weighted by Crippen LogP contribution is 2.13. The van der Waals surface area contributed by atoms with Gasteiger partial charge in [-0.15, -0.1) is 0 Å². The zero-order chi connectivity index (χ0) is 4.12. The van der Waals surface area contributed by atoms with Crippen molar-refractivity contribution in [2.24, 2.45) is 0 Å². The number of nitrogens with one attached hydrogen (secondary N) is 1.